The molecule has 0 bridgehead atoms. The summed E-state index contributed by atoms with van der Waals surface area (Å²) in [6.45, 7) is 4.04. The third-order valence-electron chi connectivity index (χ3n) is 2.25. The molecule has 1 nitrogen and oxygen atoms in total. The first-order valence-electron chi connectivity index (χ1n) is 3.76. The van der Waals surface area contributed by atoms with Crippen molar-refractivity contribution in [2.24, 2.45) is 0 Å². The molecule has 2 heteroatoms. The van der Waals surface area contributed by atoms with Crippen LogP contribution in [-0.4, -0.2) is 0 Å². The molecular formula is C9H10ClN. The van der Waals surface area contributed by atoms with Crippen molar-refractivity contribution in [1.82, 2.24) is 5.32 Å². The average molecular weight is 168 g/mol. The minimum Gasteiger partial charge on any atom is -0.309 e. The lowest BCUT2D eigenvalue weighted by molar-refractivity contribution is 0.763. The van der Waals surface area contributed by atoms with Crippen LogP contribution in [0.3, 0.4) is 0 Å². The predicted octanol–water partition coefficient (Wildman–Crippen LogP) is 2.25. The van der Waals surface area contributed by atoms with E-state index in [0.29, 0.717) is 0 Å². The van der Waals surface area contributed by atoms with Crippen molar-refractivity contribution in [1.29, 1.82) is 0 Å². The van der Waals surface area contributed by atoms with Gasteiger partial charge in [0.2, 0.25) is 0 Å². The van der Waals surface area contributed by atoms with Crippen LogP contribution in [0.15, 0.2) is 12.1 Å². The van der Waals surface area contributed by atoms with E-state index in [9.17, 15) is 0 Å². The number of hydrogen-bond donors (Lipinski definition) is 1. The Labute approximate surface area is 71.4 Å². The Balaban J connectivity index is 2.62. The lowest BCUT2D eigenvalue weighted by atomic mass is 10.1. The molecule has 0 atom stereocenters. The summed E-state index contributed by atoms with van der Waals surface area (Å²) < 4.78 is 0. The van der Waals surface area contributed by atoms with Crippen molar-refractivity contribution >= 4 is 11.6 Å². The molecule has 58 valence electrons. The first kappa shape index (κ1) is 7.14. The van der Waals surface area contributed by atoms with Gasteiger partial charge in [-0.3, -0.25) is 0 Å². The minimum absolute atomic E-state index is 0.882. The smallest absolute Gasteiger partial charge is 0.0438 e. The first-order chi connectivity index (χ1) is 5.29. The summed E-state index contributed by atoms with van der Waals surface area (Å²) in [4.78, 5) is 0. The summed E-state index contributed by atoms with van der Waals surface area (Å²) in [7, 11) is 0. The quantitative estimate of drug-likeness (QED) is 0.625. The van der Waals surface area contributed by atoms with Gasteiger partial charge in [0.1, 0.15) is 0 Å². The zero-order chi connectivity index (χ0) is 7.84. The minimum atomic E-state index is 0.882. The van der Waals surface area contributed by atoms with Gasteiger partial charge >= 0.3 is 0 Å². The maximum Gasteiger partial charge on any atom is 0.0438 e. The lowest BCUT2D eigenvalue weighted by Crippen LogP contribution is -2.00. The zero-order valence-corrected chi connectivity index (χ0v) is 7.20. The van der Waals surface area contributed by atoms with Crippen LogP contribution in [0.25, 0.3) is 0 Å². The predicted molar refractivity (Wildman–Crippen MR) is 46.7 cm³/mol. The van der Waals surface area contributed by atoms with Gasteiger partial charge in [-0.1, -0.05) is 17.7 Å². The summed E-state index contributed by atoms with van der Waals surface area (Å²) >= 11 is 5.96. The molecule has 1 aromatic carbocycles. The van der Waals surface area contributed by atoms with E-state index >= 15 is 0 Å². The van der Waals surface area contributed by atoms with Crippen LogP contribution in [0, 0.1) is 6.92 Å². The maximum absolute atomic E-state index is 5.96. The Morgan fingerprint density at radius 1 is 1.36 bits per heavy atom. The van der Waals surface area contributed by atoms with Crippen LogP contribution in [0.4, 0.5) is 0 Å². The topological polar surface area (TPSA) is 12.0 Å². The monoisotopic (exact) mass is 167 g/mol. The van der Waals surface area contributed by atoms with E-state index in [1.807, 2.05) is 6.07 Å². The molecule has 1 aliphatic heterocycles. The SMILES string of the molecule is Cc1c(Cl)ccc2c1CNC2. The van der Waals surface area contributed by atoms with E-state index in [-0.39, 0.29) is 0 Å². The fourth-order valence-corrected chi connectivity index (χ4v) is 1.70. The molecule has 0 amide bonds. The summed E-state index contributed by atoms with van der Waals surface area (Å²) in [5, 5.41) is 4.18. The Morgan fingerprint density at radius 2 is 2.18 bits per heavy atom. The Bertz CT molecular complexity index is 294. The largest absolute Gasteiger partial charge is 0.309 e. The van der Waals surface area contributed by atoms with Gasteiger partial charge in [0, 0.05) is 18.1 Å². The van der Waals surface area contributed by atoms with Crippen LogP contribution in [0.2, 0.25) is 5.02 Å². The number of benzene rings is 1. The Kier molecular flexibility index (Phi) is 1.63. The van der Waals surface area contributed by atoms with Gasteiger partial charge in [-0.2, -0.15) is 0 Å². The van der Waals surface area contributed by atoms with E-state index in [1.165, 1.54) is 16.7 Å². The zero-order valence-electron chi connectivity index (χ0n) is 6.45. The molecule has 0 aliphatic carbocycles. The third kappa shape index (κ3) is 1.05. The number of fused-ring (bicyclic) bond motifs is 1. The Morgan fingerprint density at radius 3 is 3.00 bits per heavy atom. The summed E-state index contributed by atoms with van der Waals surface area (Å²) in [5.74, 6) is 0. The normalized spacial score (nSPS) is 15.1. The van der Waals surface area contributed by atoms with Gasteiger partial charge in [-0.15, -0.1) is 0 Å². The van der Waals surface area contributed by atoms with Crippen molar-refractivity contribution in [2.45, 2.75) is 20.0 Å². The molecule has 0 saturated heterocycles. The van der Waals surface area contributed by atoms with Crippen molar-refractivity contribution in [3.63, 3.8) is 0 Å². The standard InChI is InChI=1S/C9H10ClN/c1-6-8-5-11-4-7(8)2-3-9(6)10/h2-3,11H,4-5H2,1H3. The molecule has 2 rings (SSSR count). The van der Waals surface area contributed by atoms with Crippen LogP contribution in [-0.2, 0) is 13.1 Å². The van der Waals surface area contributed by atoms with E-state index in [4.69, 9.17) is 11.6 Å². The van der Waals surface area contributed by atoms with Gasteiger partial charge in [0.05, 0.1) is 0 Å². The molecule has 0 fully saturated rings. The maximum atomic E-state index is 5.96. The molecule has 0 unspecified atom stereocenters. The van der Waals surface area contributed by atoms with Gasteiger partial charge in [0.25, 0.3) is 0 Å². The van der Waals surface area contributed by atoms with Gasteiger partial charge in [-0.05, 0) is 29.7 Å². The summed E-state index contributed by atoms with van der Waals surface area (Å²) in [5.41, 5.74) is 4.01. The second-order valence-electron chi connectivity index (χ2n) is 2.91. The van der Waals surface area contributed by atoms with E-state index in [0.717, 1.165) is 18.1 Å². The van der Waals surface area contributed by atoms with Crippen LogP contribution in [0.1, 0.15) is 16.7 Å². The molecule has 1 aromatic rings. The van der Waals surface area contributed by atoms with Gasteiger partial charge in [0.15, 0.2) is 0 Å². The first-order valence-corrected chi connectivity index (χ1v) is 4.14. The summed E-state index contributed by atoms with van der Waals surface area (Å²) in [6.07, 6.45) is 0. The summed E-state index contributed by atoms with van der Waals surface area (Å²) in [6, 6.07) is 4.08. The number of nitrogens with one attached hydrogen (secondary N) is 1. The highest BCUT2D eigenvalue weighted by atomic mass is 35.5. The van der Waals surface area contributed by atoms with Crippen LogP contribution >= 0.6 is 11.6 Å². The van der Waals surface area contributed by atoms with Crippen molar-refractivity contribution in [3.8, 4) is 0 Å². The Hall–Kier alpha value is -0.530. The molecule has 1 heterocycles. The average Bonchev–Trinajstić information content (AvgIpc) is 2.45. The fourth-order valence-electron chi connectivity index (χ4n) is 1.52. The van der Waals surface area contributed by atoms with E-state index < -0.39 is 0 Å². The van der Waals surface area contributed by atoms with E-state index in [2.05, 4.69) is 18.3 Å². The van der Waals surface area contributed by atoms with Crippen molar-refractivity contribution in [2.75, 3.05) is 0 Å². The molecule has 0 aromatic heterocycles. The molecule has 11 heavy (non-hydrogen) atoms. The molecule has 0 saturated carbocycles. The highest BCUT2D eigenvalue weighted by Crippen LogP contribution is 2.25. The molecule has 1 aliphatic rings. The number of rotatable bonds is 0. The van der Waals surface area contributed by atoms with Gasteiger partial charge < -0.3 is 5.32 Å². The number of halogens is 1. The number of hydrogen-bond acceptors (Lipinski definition) is 1. The highest BCUT2D eigenvalue weighted by Gasteiger charge is 2.13. The second kappa shape index (κ2) is 2.50. The lowest BCUT2D eigenvalue weighted by Gasteiger charge is -2.03. The van der Waals surface area contributed by atoms with Crippen molar-refractivity contribution in [3.05, 3.63) is 33.8 Å². The molecule has 1 N–H and O–H groups in total. The third-order valence-corrected chi connectivity index (χ3v) is 2.66. The van der Waals surface area contributed by atoms with E-state index in [1.54, 1.807) is 0 Å². The van der Waals surface area contributed by atoms with Crippen molar-refractivity contribution < 1.29 is 0 Å². The molecule has 0 spiro atoms. The van der Waals surface area contributed by atoms with Crippen LogP contribution in [0.5, 0.6) is 0 Å². The fraction of sp³-hybridized carbons (Fsp3) is 0.333. The van der Waals surface area contributed by atoms with Gasteiger partial charge in [-0.25, -0.2) is 0 Å². The highest BCUT2D eigenvalue weighted by molar-refractivity contribution is 6.31. The second-order valence-corrected chi connectivity index (χ2v) is 3.32. The van der Waals surface area contributed by atoms with Crippen LogP contribution < -0.4 is 5.32 Å². The molecular weight excluding hydrogens is 158 g/mol. The molecule has 0 radical (unpaired) electrons.